The lowest BCUT2D eigenvalue weighted by Crippen LogP contribution is -2.25. The number of halogens is 3. The molecule has 0 saturated carbocycles. The van der Waals surface area contributed by atoms with Crippen molar-refractivity contribution in [2.75, 3.05) is 18.6 Å². The van der Waals surface area contributed by atoms with Crippen molar-refractivity contribution < 1.29 is 22.7 Å². The summed E-state index contributed by atoms with van der Waals surface area (Å²) < 4.78 is 43.5. The van der Waals surface area contributed by atoms with E-state index in [1.54, 1.807) is 0 Å². The summed E-state index contributed by atoms with van der Waals surface area (Å²) in [6.07, 6.45) is 0.863. The molecule has 1 aliphatic heterocycles. The van der Waals surface area contributed by atoms with Gasteiger partial charge in [-0.25, -0.2) is 0 Å². The van der Waals surface area contributed by atoms with Crippen LogP contribution in [-0.4, -0.2) is 19.6 Å². The summed E-state index contributed by atoms with van der Waals surface area (Å²) in [7, 11) is 1.17. The van der Waals surface area contributed by atoms with Gasteiger partial charge in [0.25, 0.3) is 0 Å². The quantitative estimate of drug-likeness (QED) is 0.781. The highest BCUT2D eigenvalue weighted by Crippen LogP contribution is 2.39. The molecule has 0 spiro atoms. The molecule has 0 aromatic heterocycles. The van der Waals surface area contributed by atoms with Gasteiger partial charge in [-0.2, -0.15) is 13.2 Å². The molecule has 1 aromatic carbocycles. The van der Waals surface area contributed by atoms with E-state index in [-0.39, 0.29) is 36.2 Å². The second-order valence-electron chi connectivity index (χ2n) is 4.45. The van der Waals surface area contributed by atoms with Crippen LogP contribution in [0.3, 0.4) is 0 Å². The molecule has 2 rings (SSSR count). The van der Waals surface area contributed by atoms with Crippen molar-refractivity contribution in [1.29, 1.82) is 0 Å². The Balaban J connectivity index is 2.40. The van der Waals surface area contributed by atoms with Gasteiger partial charge >= 0.3 is 6.18 Å². The summed E-state index contributed by atoms with van der Waals surface area (Å²) in [5.74, 6) is 1.64. The minimum absolute atomic E-state index is 0.157. The topological polar surface area (TPSA) is 29.5 Å². The van der Waals surface area contributed by atoms with Crippen molar-refractivity contribution in [2.24, 2.45) is 5.92 Å². The van der Waals surface area contributed by atoms with E-state index >= 15 is 0 Å². The highest BCUT2D eigenvalue weighted by molar-refractivity contribution is 5.96. The van der Waals surface area contributed by atoms with Crippen molar-refractivity contribution in [2.45, 2.75) is 12.6 Å². The first-order chi connectivity index (χ1) is 9.36. The smallest absolute Gasteiger partial charge is 0.420 e. The highest BCUT2D eigenvalue weighted by atomic mass is 19.4. The molecule has 1 aliphatic rings. The van der Waals surface area contributed by atoms with Crippen molar-refractivity contribution in [3.8, 4) is 18.1 Å². The number of benzene rings is 1. The Morgan fingerprint density at radius 1 is 1.45 bits per heavy atom. The summed E-state index contributed by atoms with van der Waals surface area (Å²) in [6.45, 7) is 0.235. The molecule has 20 heavy (non-hydrogen) atoms. The average molecular weight is 283 g/mol. The molecule has 1 atom stereocenters. The molecule has 1 unspecified atom stereocenters. The third-order valence-electron chi connectivity index (χ3n) is 3.16. The molecular formula is C14H12F3NO2. The van der Waals surface area contributed by atoms with Crippen molar-refractivity contribution in [1.82, 2.24) is 0 Å². The van der Waals surface area contributed by atoms with E-state index in [4.69, 9.17) is 11.2 Å². The molecule has 1 heterocycles. The second kappa shape index (κ2) is 5.08. The van der Waals surface area contributed by atoms with Crippen LogP contribution in [0.25, 0.3) is 0 Å². The predicted molar refractivity (Wildman–Crippen MR) is 67.3 cm³/mol. The lowest BCUT2D eigenvalue weighted by molar-refractivity contribution is -0.138. The third-order valence-corrected chi connectivity index (χ3v) is 3.16. The fourth-order valence-electron chi connectivity index (χ4n) is 2.15. The molecule has 0 N–H and O–H groups in total. The standard InChI is InChI=1S/C14H12F3NO2/c1-3-9-6-13(19)18(8-9)10-4-5-12(20-2)11(7-10)14(15,16)17/h1,4-5,7,9H,6,8H2,2H3. The van der Waals surface area contributed by atoms with E-state index in [1.807, 2.05) is 0 Å². The average Bonchev–Trinajstić information content (AvgIpc) is 2.78. The predicted octanol–water partition coefficient (Wildman–Crippen LogP) is 2.70. The second-order valence-corrected chi connectivity index (χ2v) is 4.45. The monoisotopic (exact) mass is 283 g/mol. The number of terminal acetylenes is 1. The number of anilines is 1. The van der Waals surface area contributed by atoms with Crippen molar-refractivity contribution >= 4 is 11.6 Å². The summed E-state index contributed by atoms with van der Waals surface area (Å²) in [5, 5.41) is 0. The van der Waals surface area contributed by atoms with Crippen LogP contribution in [0.15, 0.2) is 18.2 Å². The number of methoxy groups -OCH3 is 1. The molecule has 0 radical (unpaired) electrons. The Morgan fingerprint density at radius 3 is 2.65 bits per heavy atom. The number of ether oxygens (including phenoxy) is 1. The van der Waals surface area contributed by atoms with Gasteiger partial charge in [0.15, 0.2) is 0 Å². The summed E-state index contributed by atoms with van der Waals surface area (Å²) in [6, 6.07) is 3.54. The van der Waals surface area contributed by atoms with Crippen LogP contribution in [0.4, 0.5) is 18.9 Å². The Bertz CT molecular complexity index is 575. The first kappa shape index (κ1) is 14.3. The largest absolute Gasteiger partial charge is 0.496 e. The lowest BCUT2D eigenvalue weighted by atomic mass is 10.1. The molecule has 1 amide bonds. The van der Waals surface area contributed by atoms with Crippen molar-refractivity contribution in [3.63, 3.8) is 0 Å². The summed E-state index contributed by atoms with van der Waals surface area (Å²) in [5.41, 5.74) is -0.727. The Hall–Kier alpha value is -2.16. The maximum Gasteiger partial charge on any atom is 0.420 e. The van der Waals surface area contributed by atoms with Crippen LogP contribution in [-0.2, 0) is 11.0 Å². The van der Waals surface area contributed by atoms with Gasteiger partial charge < -0.3 is 9.64 Å². The van der Waals surface area contributed by atoms with Crippen LogP contribution in [0.2, 0.25) is 0 Å². The van der Waals surface area contributed by atoms with Gasteiger partial charge in [-0.15, -0.1) is 12.3 Å². The Morgan fingerprint density at radius 2 is 2.15 bits per heavy atom. The molecule has 1 saturated heterocycles. The van der Waals surface area contributed by atoms with E-state index in [2.05, 4.69) is 5.92 Å². The van der Waals surface area contributed by atoms with E-state index in [1.165, 1.54) is 24.1 Å². The van der Waals surface area contributed by atoms with Gasteiger partial charge in [0, 0.05) is 24.6 Å². The molecule has 1 fully saturated rings. The number of alkyl halides is 3. The number of rotatable bonds is 2. The normalized spacial score (nSPS) is 19.1. The number of carbonyl (C=O) groups excluding carboxylic acids is 1. The molecule has 106 valence electrons. The van der Waals surface area contributed by atoms with Crippen LogP contribution in [0.1, 0.15) is 12.0 Å². The zero-order valence-corrected chi connectivity index (χ0v) is 10.7. The zero-order valence-electron chi connectivity index (χ0n) is 10.7. The zero-order chi connectivity index (χ0) is 14.9. The van der Waals surface area contributed by atoms with Crippen LogP contribution in [0, 0.1) is 18.3 Å². The van der Waals surface area contributed by atoms with Gasteiger partial charge in [0.05, 0.1) is 12.7 Å². The Kier molecular flexibility index (Phi) is 3.62. The first-order valence-corrected chi connectivity index (χ1v) is 5.88. The minimum Gasteiger partial charge on any atom is -0.496 e. The lowest BCUT2D eigenvalue weighted by Gasteiger charge is -2.19. The molecule has 0 bridgehead atoms. The summed E-state index contributed by atoms with van der Waals surface area (Å²) >= 11 is 0. The molecular weight excluding hydrogens is 271 g/mol. The number of nitrogens with zero attached hydrogens (tertiary/aromatic N) is 1. The SMILES string of the molecule is C#CC1CC(=O)N(c2ccc(OC)c(C(F)(F)F)c2)C1. The van der Waals surface area contributed by atoms with Gasteiger partial charge in [-0.05, 0) is 18.2 Å². The fraction of sp³-hybridized carbons (Fsp3) is 0.357. The van der Waals surface area contributed by atoms with Crippen LogP contribution >= 0.6 is 0 Å². The van der Waals surface area contributed by atoms with Crippen LogP contribution < -0.4 is 9.64 Å². The van der Waals surface area contributed by atoms with E-state index < -0.39 is 11.7 Å². The third kappa shape index (κ3) is 2.57. The van der Waals surface area contributed by atoms with Gasteiger partial charge in [0.1, 0.15) is 5.75 Å². The van der Waals surface area contributed by atoms with E-state index in [9.17, 15) is 18.0 Å². The van der Waals surface area contributed by atoms with Gasteiger partial charge in [-0.1, -0.05) is 0 Å². The number of carbonyl (C=O) groups is 1. The van der Waals surface area contributed by atoms with Crippen LogP contribution in [0.5, 0.6) is 5.75 Å². The summed E-state index contributed by atoms with van der Waals surface area (Å²) in [4.78, 5) is 13.1. The molecule has 0 aliphatic carbocycles. The number of hydrogen-bond acceptors (Lipinski definition) is 2. The van der Waals surface area contributed by atoms with E-state index in [0.29, 0.717) is 0 Å². The maximum atomic E-state index is 12.9. The highest BCUT2D eigenvalue weighted by Gasteiger charge is 2.36. The molecule has 6 heteroatoms. The van der Waals surface area contributed by atoms with Gasteiger partial charge in [0.2, 0.25) is 5.91 Å². The maximum absolute atomic E-state index is 12.9. The first-order valence-electron chi connectivity index (χ1n) is 5.88. The molecule has 3 nitrogen and oxygen atoms in total. The molecule has 1 aromatic rings. The van der Waals surface area contributed by atoms with Crippen molar-refractivity contribution in [3.05, 3.63) is 23.8 Å². The minimum atomic E-state index is -4.55. The Labute approximate surface area is 114 Å². The van der Waals surface area contributed by atoms with E-state index in [0.717, 1.165) is 6.07 Å². The number of amides is 1. The fourth-order valence-corrected chi connectivity index (χ4v) is 2.15. The number of hydrogen-bond donors (Lipinski definition) is 0. The van der Waals surface area contributed by atoms with Gasteiger partial charge in [-0.3, -0.25) is 4.79 Å².